The molecule has 6 heteroatoms. The van der Waals surface area contributed by atoms with Crippen molar-refractivity contribution in [3.63, 3.8) is 0 Å². The van der Waals surface area contributed by atoms with Gasteiger partial charge < -0.3 is 10.3 Å². The van der Waals surface area contributed by atoms with Gasteiger partial charge >= 0.3 is 0 Å². The summed E-state index contributed by atoms with van der Waals surface area (Å²) in [5, 5.41) is 5.72. The van der Waals surface area contributed by atoms with E-state index in [9.17, 15) is 0 Å². The van der Waals surface area contributed by atoms with Crippen molar-refractivity contribution >= 4 is 73.1 Å². The molecule has 0 aliphatic rings. The van der Waals surface area contributed by atoms with Crippen molar-refractivity contribution in [1.29, 1.82) is 0 Å². The highest BCUT2D eigenvalue weighted by Gasteiger charge is 2.09. The zero-order valence-corrected chi connectivity index (χ0v) is 13.8. The molecular formula is C14H8BrCl3N2. The first-order chi connectivity index (χ1) is 9.52. The number of rotatable bonds is 2. The number of fused-ring (bicyclic) bond motifs is 1. The molecule has 102 valence electrons. The van der Waals surface area contributed by atoms with E-state index in [2.05, 4.69) is 26.2 Å². The maximum Gasteiger partial charge on any atom is 0.108 e. The Hall–Kier alpha value is -0.870. The van der Waals surface area contributed by atoms with Gasteiger partial charge in [0, 0.05) is 20.4 Å². The van der Waals surface area contributed by atoms with E-state index in [0.717, 1.165) is 21.2 Å². The number of aromatic amines is 1. The average molecular weight is 390 g/mol. The summed E-state index contributed by atoms with van der Waals surface area (Å²) in [7, 11) is 0. The molecule has 2 N–H and O–H groups in total. The third-order valence-corrected chi connectivity index (χ3v) is 4.16. The van der Waals surface area contributed by atoms with Crippen LogP contribution >= 0.6 is 50.7 Å². The zero-order valence-electron chi connectivity index (χ0n) is 9.98. The van der Waals surface area contributed by atoms with Crippen molar-refractivity contribution in [2.75, 3.05) is 5.32 Å². The van der Waals surface area contributed by atoms with Crippen molar-refractivity contribution in [3.8, 4) is 0 Å². The Morgan fingerprint density at radius 3 is 2.35 bits per heavy atom. The lowest BCUT2D eigenvalue weighted by Crippen LogP contribution is -1.92. The number of nitrogens with one attached hydrogen (secondary N) is 2. The number of halogens is 4. The van der Waals surface area contributed by atoms with Crippen LogP contribution in [0.15, 0.2) is 40.9 Å². The van der Waals surface area contributed by atoms with Crippen LogP contribution in [0.5, 0.6) is 0 Å². The Kier molecular flexibility index (Phi) is 3.87. The van der Waals surface area contributed by atoms with E-state index in [1.165, 1.54) is 0 Å². The van der Waals surface area contributed by atoms with Crippen molar-refractivity contribution in [1.82, 2.24) is 4.98 Å². The molecule has 0 spiro atoms. The van der Waals surface area contributed by atoms with E-state index in [0.29, 0.717) is 20.8 Å². The Bertz CT molecular complexity index is 775. The lowest BCUT2D eigenvalue weighted by atomic mass is 10.2. The monoisotopic (exact) mass is 388 g/mol. The number of aromatic nitrogens is 1. The molecule has 3 aromatic rings. The fourth-order valence-corrected chi connectivity index (χ4v) is 3.26. The lowest BCUT2D eigenvalue weighted by molar-refractivity contribution is 1.42. The van der Waals surface area contributed by atoms with Gasteiger partial charge in [0.2, 0.25) is 0 Å². The van der Waals surface area contributed by atoms with Crippen molar-refractivity contribution in [3.05, 3.63) is 55.9 Å². The molecule has 3 rings (SSSR count). The molecule has 0 aliphatic carbocycles. The highest BCUT2D eigenvalue weighted by atomic mass is 79.9. The topological polar surface area (TPSA) is 27.8 Å². The highest BCUT2D eigenvalue weighted by Crippen LogP contribution is 2.36. The average Bonchev–Trinajstić information content (AvgIpc) is 2.75. The van der Waals surface area contributed by atoms with Gasteiger partial charge in [0.1, 0.15) is 5.82 Å². The van der Waals surface area contributed by atoms with Gasteiger partial charge in [-0.05, 0) is 36.4 Å². The zero-order chi connectivity index (χ0) is 14.3. The molecule has 0 amide bonds. The molecule has 2 aromatic carbocycles. The number of H-pyrrole nitrogens is 1. The Morgan fingerprint density at radius 1 is 0.950 bits per heavy atom. The van der Waals surface area contributed by atoms with E-state index in [4.69, 9.17) is 34.8 Å². The van der Waals surface area contributed by atoms with Crippen LogP contribution in [0.2, 0.25) is 15.1 Å². The number of benzene rings is 2. The van der Waals surface area contributed by atoms with E-state index >= 15 is 0 Å². The van der Waals surface area contributed by atoms with E-state index in [-0.39, 0.29) is 0 Å². The van der Waals surface area contributed by atoms with Crippen LogP contribution in [0.3, 0.4) is 0 Å². The van der Waals surface area contributed by atoms with E-state index in [1.54, 1.807) is 12.1 Å². The molecule has 0 radical (unpaired) electrons. The molecule has 0 saturated carbocycles. The predicted octanol–water partition coefficient (Wildman–Crippen LogP) is 6.63. The Labute approximate surface area is 139 Å². The van der Waals surface area contributed by atoms with Crippen molar-refractivity contribution in [2.45, 2.75) is 0 Å². The first-order valence-electron chi connectivity index (χ1n) is 5.73. The molecule has 0 atom stereocenters. The minimum absolute atomic E-state index is 0.474. The number of hydrogen-bond donors (Lipinski definition) is 2. The van der Waals surface area contributed by atoms with Crippen LogP contribution in [-0.4, -0.2) is 4.98 Å². The summed E-state index contributed by atoms with van der Waals surface area (Å²) in [6, 6.07) is 11.3. The fourth-order valence-electron chi connectivity index (χ4n) is 1.97. The molecule has 1 heterocycles. The molecular weight excluding hydrogens is 382 g/mol. The SMILES string of the molecule is Clc1cc(Cl)c(Nc2cc3cc(Br)ccc3[nH]2)c(Cl)c1. The first-order valence-corrected chi connectivity index (χ1v) is 7.65. The molecule has 0 saturated heterocycles. The van der Waals surface area contributed by atoms with Crippen LogP contribution < -0.4 is 5.32 Å². The quantitative estimate of drug-likeness (QED) is 0.505. The third-order valence-electron chi connectivity index (χ3n) is 2.85. The lowest BCUT2D eigenvalue weighted by Gasteiger charge is -2.09. The Balaban J connectivity index is 2.01. The van der Waals surface area contributed by atoms with Crippen molar-refractivity contribution < 1.29 is 0 Å². The molecule has 0 unspecified atom stereocenters. The van der Waals surface area contributed by atoms with Gasteiger partial charge in [0.25, 0.3) is 0 Å². The van der Waals surface area contributed by atoms with Crippen LogP contribution in [0.4, 0.5) is 11.5 Å². The summed E-state index contributed by atoms with van der Waals surface area (Å²) >= 11 is 21.7. The summed E-state index contributed by atoms with van der Waals surface area (Å²) < 4.78 is 1.03. The van der Waals surface area contributed by atoms with E-state index < -0.39 is 0 Å². The van der Waals surface area contributed by atoms with Gasteiger partial charge in [-0.2, -0.15) is 0 Å². The highest BCUT2D eigenvalue weighted by molar-refractivity contribution is 9.10. The second-order valence-corrected chi connectivity index (χ2v) is 6.45. The van der Waals surface area contributed by atoms with Crippen LogP contribution in [0, 0.1) is 0 Å². The third kappa shape index (κ3) is 2.77. The van der Waals surface area contributed by atoms with Gasteiger partial charge in [0.15, 0.2) is 0 Å². The molecule has 2 nitrogen and oxygen atoms in total. The summed E-state index contributed by atoms with van der Waals surface area (Å²) in [5.41, 5.74) is 1.65. The molecule has 0 fully saturated rings. The molecule has 20 heavy (non-hydrogen) atoms. The molecule has 0 aliphatic heterocycles. The summed E-state index contributed by atoms with van der Waals surface area (Å²) in [6.07, 6.45) is 0. The fraction of sp³-hybridized carbons (Fsp3) is 0. The van der Waals surface area contributed by atoms with E-state index in [1.807, 2.05) is 24.3 Å². The van der Waals surface area contributed by atoms with Crippen LogP contribution in [-0.2, 0) is 0 Å². The van der Waals surface area contributed by atoms with Gasteiger partial charge in [-0.1, -0.05) is 50.7 Å². The van der Waals surface area contributed by atoms with Gasteiger partial charge in [0.05, 0.1) is 15.7 Å². The second kappa shape index (κ2) is 5.49. The maximum absolute atomic E-state index is 6.16. The largest absolute Gasteiger partial charge is 0.341 e. The maximum atomic E-state index is 6.16. The smallest absolute Gasteiger partial charge is 0.108 e. The summed E-state index contributed by atoms with van der Waals surface area (Å²) in [5.74, 6) is 0.809. The molecule has 1 aromatic heterocycles. The predicted molar refractivity (Wildman–Crippen MR) is 90.8 cm³/mol. The second-order valence-electron chi connectivity index (χ2n) is 4.28. The van der Waals surface area contributed by atoms with Gasteiger partial charge in [-0.3, -0.25) is 0 Å². The molecule has 0 bridgehead atoms. The van der Waals surface area contributed by atoms with Gasteiger partial charge in [-0.25, -0.2) is 0 Å². The minimum atomic E-state index is 0.474. The van der Waals surface area contributed by atoms with Gasteiger partial charge in [-0.15, -0.1) is 0 Å². The number of anilines is 2. The standard InChI is InChI=1S/C14H8BrCl3N2/c15-8-1-2-12-7(3-8)4-13(19-12)20-14-10(17)5-9(16)6-11(14)18/h1-6,19-20H. The summed E-state index contributed by atoms with van der Waals surface area (Å²) in [6.45, 7) is 0. The summed E-state index contributed by atoms with van der Waals surface area (Å²) in [4.78, 5) is 3.26. The van der Waals surface area contributed by atoms with Crippen molar-refractivity contribution in [2.24, 2.45) is 0 Å². The van der Waals surface area contributed by atoms with Crippen LogP contribution in [0.1, 0.15) is 0 Å². The Morgan fingerprint density at radius 2 is 1.65 bits per heavy atom. The number of hydrogen-bond acceptors (Lipinski definition) is 1. The first kappa shape index (κ1) is 14.1. The van der Waals surface area contributed by atoms with Crippen LogP contribution in [0.25, 0.3) is 10.9 Å². The normalized spacial score (nSPS) is 11.0. The minimum Gasteiger partial charge on any atom is -0.341 e.